The maximum Gasteiger partial charge on any atom is 0.411 e. The molecule has 2 aliphatic heterocycles. The molecule has 4 nitrogen and oxygen atoms in total. The van der Waals surface area contributed by atoms with Crippen molar-refractivity contribution in [3.05, 3.63) is 30.1 Å². The molecule has 0 radical (unpaired) electrons. The molecule has 0 aromatic heterocycles. The Morgan fingerprint density at radius 2 is 2.22 bits per heavy atom. The van der Waals surface area contributed by atoms with Crippen LogP contribution in [0.15, 0.2) is 24.3 Å². The number of unbranched alkanes of at least 4 members (excludes halogenated alkanes) is 1. The number of anilines is 1. The van der Waals surface area contributed by atoms with Gasteiger partial charge in [0.15, 0.2) is 0 Å². The number of carbonyl (C=O) groups excluding carboxylic acids is 1. The second kappa shape index (κ2) is 8.17. The first-order valence-corrected chi connectivity index (χ1v) is 10.6. The molecule has 3 fully saturated rings. The summed E-state index contributed by atoms with van der Waals surface area (Å²) in [4.78, 5) is 15.2. The number of hydrogen-bond acceptors (Lipinski definition) is 3. The van der Waals surface area contributed by atoms with Crippen molar-refractivity contribution in [2.24, 2.45) is 11.8 Å². The summed E-state index contributed by atoms with van der Waals surface area (Å²) in [5, 5.41) is 2.69. The van der Waals surface area contributed by atoms with Crippen LogP contribution in [0.2, 0.25) is 0 Å². The number of rotatable bonds is 5. The molecule has 1 N–H and O–H groups in total. The number of piperidine rings is 2. The van der Waals surface area contributed by atoms with E-state index in [1.54, 1.807) is 12.1 Å². The van der Waals surface area contributed by atoms with Crippen LogP contribution in [0.1, 0.15) is 58.3 Å². The van der Waals surface area contributed by atoms with Gasteiger partial charge in [0.05, 0.1) is 0 Å². The molecule has 1 aromatic rings. The van der Waals surface area contributed by atoms with E-state index in [0.717, 1.165) is 6.42 Å². The van der Waals surface area contributed by atoms with Gasteiger partial charge < -0.3 is 4.74 Å². The van der Waals surface area contributed by atoms with Gasteiger partial charge in [0.2, 0.25) is 0 Å². The third-order valence-corrected chi connectivity index (χ3v) is 6.83. The lowest BCUT2D eigenvalue weighted by atomic mass is 9.79. The Labute approximate surface area is 161 Å². The van der Waals surface area contributed by atoms with Gasteiger partial charge in [-0.2, -0.15) is 0 Å². The molecule has 3 aliphatic rings. The summed E-state index contributed by atoms with van der Waals surface area (Å²) >= 11 is 0. The minimum atomic E-state index is -0.453. The SMILES string of the molecule is CCCC[C@H]1C2CC(OC(=O)Nc3cccc(F)c3)C(C2)[C@H]2CCCCN21. The fraction of sp³-hybridized carbons (Fsp3) is 0.682. The van der Waals surface area contributed by atoms with Crippen LogP contribution in [-0.2, 0) is 4.74 Å². The van der Waals surface area contributed by atoms with Crippen LogP contribution in [0, 0.1) is 17.7 Å². The van der Waals surface area contributed by atoms with E-state index in [0.29, 0.717) is 29.6 Å². The van der Waals surface area contributed by atoms with E-state index in [-0.39, 0.29) is 11.9 Å². The molecular weight excluding hydrogens is 343 g/mol. The van der Waals surface area contributed by atoms with Crippen molar-refractivity contribution in [1.82, 2.24) is 4.90 Å². The molecule has 27 heavy (non-hydrogen) atoms. The van der Waals surface area contributed by atoms with Gasteiger partial charge in [-0.05, 0) is 62.8 Å². The second-order valence-corrected chi connectivity index (χ2v) is 8.48. The van der Waals surface area contributed by atoms with E-state index in [4.69, 9.17) is 4.74 Å². The molecule has 1 amide bonds. The van der Waals surface area contributed by atoms with Crippen molar-refractivity contribution in [2.45, 2.75) is 76.5 Å². The summed E-state index contributed by atoms with van der Waals surface area (Å²) in [6.07, 6.45) is 9.29. The highest BCUT2D eigenvalue weighted by Gasteiger charge is 2.52. The van der Waals surface area contributed by atoms with Gasteiger partial charge in [-0.1, -0.05) is 32.3 Å². The highest BCUT2D eigenvalue weighted by Crippen LogP contribution is 2.49. The number of fused-ring (bicyclic) bond motifs is 4. The number of halogens is 1. The first kappa shape index (κ1) is 18.7. The van der Waals surface area contributed by atoms with Gasteiger partial charge in [0.25, 0.3) is 0 Å². The van der Waals surface area contributed by atoms with Crippen molar-refractivity contribution >= 4 is 11.8 Å². The number of ether oxygens (including phenoxy) is 1. The fourth-order valence-corrected chi connectivity index (χ4v) is 5.71. The largest absolute Gasteiger partial charge is 0.446 e. The summed E-state index contributed by atoms with van der Waals surface area (Å²) in [5.41, 5.74) is 0.445. The predicted molar refractivity (Wildman–Crippen MR) is 104 cm³/mol. The molecule has 0 spiro atoms. The summed E-state index contributed by atoms with van der Waals surface area (Å²) < 4.78 is 19.2. The highest BCUT2D eigenvalue weighted by atomic mass is 19.1. The van der Waals surface area contributed by atoms with Crippen molar-refractivity contribution in [3.8, 4) is 0 Å². The summed E-state index contributed by atoms with van der Waals surface area (Å²) in [7, 11) is 0. The molecule has 148 valence electrons. The van der Waals surface area contributed by atoms with Gasteiger partial charge in [-0.25, -0.2) is 9.18 Å². The number of amides is 1. The zero-order valence-corrected chi connectivity index (χ0v) is 16.2. The number of benzene rings is 1. The molecule has 1 aromatic carbocycles. The zero-order valence-electron chi connectivity index (χ0n) is 16.2. The molecule has 3 unspecified atom stereocenters. The first-order valence-electron chi connectivity index (χ1n) is 10.6. The van der Waals surface area contributed by atoms with E-state index >= 15 is 0 Å². The smallest absolute Gasteiger partial charge is 0.411 e. The Morgan fingerprint density at radius 1 is 1.33 bits per heavy atom. The molecule has 2 bridgehead atoms. The third-order valence-electron chi connectivity index (χ3n) is 6.83. The van der Waals surface area contributed by atoms with E-state index in [1.165, 1.54) is 63.6 Å². The molecule has 2 heterocycles. The van der Waals surface area contributed by atoms with Crippen molar-refractivity contribution in [3.63, 3.8) is 0 Å². The lowest BCUT2D eigenvalue weighted by molar-refractivity contribution is -0.0177. The van der Waals surface area contributed by atoms with Crippen LogP contribution in [0.4, 0.5) is 14.9 Å². The Hall–Kier alpha value is -1.62. The Kier molecular flexibility index (Phi) is 5.67. The van der Waals surface area contributed by atoms with E-state index < -0.39 is 6.09 Å². The third kappa shape index (κ3) is 3.98. The van der Waals surface area contributed by atoms with E-state index in [2.05, 4.69) is 17.1 Å². The first-order chi connectivity index (χ1) is 13.2. The maximum absolute atomic E-state index is 13.3. The minimum absolute atomic E-state index is 0.0132. The fourth-order valence-electron chi connectivity index (χ4n) is 5.71. The van der Waals surface area contributed by atoms with Gasteiger partial charge in [0.1, 0.15) is 11.9 Å². The standard InChI is InChI=1S/C22H31FN2O2/c1-2-3-9-19-15-12-18(20-10-4-5-11-25(19)20)21(13-15)27-22(26)24-17-8-6-7-16(23)14-17/h6-8,14-15,18-21H,2-5,9-13H2,1H3,(H,24,26)/t15?,18?,19-,20+,21?/m0/s1. The predicted octanol–water partition coefficient (Wildman–Crippen LogP) is 5.20. The van der Waals surface area contributed by atoms with E-state index in [1.807, 2.05) is 0 Å². The number of nitrogens with one attached hydrogen (secondary N) is 1. The lowest BCUT2D eigenvalue weighted by Gasteiger charge is -2.49. The molecule has 1 saturated carbocycles. The summed E-state index contributed by atoms with van der Waals surface area (Å²) in [6, 6.07) is 7.17. The zero-order chi connectivity index (χ0) is 18.8. The van der Waals surface area contributed by atoms with Crippen molar-refractivity contribution in [2.75, 3.05) is 11.9 Å². The number of hydrogen-bond donors (Lipinski definition) is 1. The summed E-state index contributed by atoms with van der Waals surface area (Å²) in [6.45, 7) is 3.46. The van der Waals surface area contributed by atoms with Crippen molar-refractivity contribution < 1.29 is 13.9 Å². The molecular formula is C22H31FN2O2. The number of carbonyl (C=O) groups is 1. The Bertz CT molecular complexity index is 667. The van der Waals surface area contributed by atoms with Crippen LogP contribution < -0.4 is 5.32 Å². The number of nitrogens with zero attached hydrogens (tertiary/aromatic N) is 1. The van der Waals surface area contributed by atoms with Crippen molar-refractivity contribution in [1.29, 1.82) is 0 Å². The summed E-state index contributed by atoms with van der Waals surface area (Å²) in [5.74, 6) is 0.732. The quantitative estimate of drug-likeness (QED) is 0.770. The Balaban J connectivity index is 1.43. The Morgan fingerprint density at radius 3 is 3.04 bits per heavy atom. The average molecular weight is 375 g/mol. The molecule has 1 aliphatic carbocycles. The van der Waals surface area contributed by atoms with Gasteiger partial charge in [-0.15, -0.1) is 0 Å². The van der Waals surface area contributed by atoms with Gasteiger partial charge in [-0.3, -0.25) is 10.2 Å². The van der Waals surface area contributed by atoms with Crippen LogP contribution in [-0.4, -0.2) is 35.7 Å². The molecule has 5 heteroatoms. The van der Waals surface area contributed by atoms with Gasteiger partial charge >= 0.3 is 6.09 Å². The van der Waals surface area contributed by atoms with E-state index in [9.17, 15) is 9.18 Å². The van der Waals surface area contributed by atoms with Gasteiger partial charge in [0, 0.05) is 23.7 Å². The molecule has 5 atom stereocenters. The maximum atomic E-state index is 13.3. The lowest BCUT2D eigenvalue weighted by Crippen LogP contribution is -2.55. The molecule has 2 saturated heterocycles. The van der Waals surface area contributed by atoms with Crippen LogP contribution in [0.25, 0.3) is 0 Å². The monoisotopic (exact) mass is 374 g/mol. The van der Waals surface area contributed by atoms with Crippen LogP contribution >= 0.6 is 0 Å². The average Bonchev–Trinajstić information content (AvgIpc) is 3.01. The highest BCUT2D eigenvalue weighted by molar-refractivity contribution is 5.84. The molecule has 4 rings (SSSR count). The normalized spacial score (nSPS) is 32.7. The van der Waals surface area contributed by atoms with Crippen LogP contribution in [0.5, 0.6) is 0 Å². The minimum Gasteiger partial charge on any atom is -0.446 e. The topological polar surface area (TPSA) is 41.6 Å². The second-order valence-electron chi connectivity index (χ2n) is 8.48. The van der Waals surface area contributed by atoms with Crippen LogP contribution in [0.3, 0.4) is 0 Å².